The summed E-state index contributed by atoms with van der Waals surface area (Å²) in [6.45, 7) is 0.367. The van der Waals surface area contributed by atoms with E-state index < -0.39 is 11.4 Å². The topological polar surface area (TPSA) is 49.3 Å². The fourth-order valence-electron chi connectivity index (χ4n) is 1.94. The summed E-state index contributed by atoms with van der Waals surface area (Å²) in [5, 5.41) is 12.1. The minimum Gasteiger partial charge on any atom is -0.481 e. The van der Waals surface area contributed by atoms with E-state index in [9.17, 15) is 9.18 Å². The zero-order valence-electron chi connectivity index (χ0n) is 8.87. The van der Waals surface area contributed by atoms with Crippen LogP contribution in [-0.2, 0) is 4.79 Å². The summed E-state index contributed by atoms with van der Waals surface area (Å²) in [6.07, 6.45) is 2.35. The van der Waals surface area contributed by atoms with Gasteiger partial charge in [0.2, 0.25) is 0 Å². The Labute approximate surface area is 93.3 Å². The summed E-state index contributed by atoms with van der Waals surface area (Å²) >= 11 is 0. The minimum atomic E-state index is -0.761. The first-order chi connectivity index (χ1) is 7.62. The standard InChI is InChI=1S/C12H14FNO2/c13-9-3-1-4-10(7-9)14-8-12(11(15)16)5-2-6-12/h1,3-4,7,14H,2,5-6,8H2,(H,15,16). The molecule has 1 saturated carbocycles. The summed E-state index contributed by atoms with van der Waals surface area (Å²) < 4.78 is 12.9. The number of anilines is 1. The van der Waals surface area contributed by atoms with E-state index in [1.165, 1.54) is 12.1 Å². The molecule has 0 saturated heterocycles. The number of rotatable bonds is 4. The first kappa shape index (κ1) is 10.9. The molecule has 0 spiro atoms. The van der Waals surface area contributed by atoms with E-state index >= 15 is 0 Å². The van der Waals surface area contributed by atoms with Gasteiger partial charge < -0.3 is 10.4 Å². The summed E-state index contributed by atoms with van der Waals surface area (Å²) in [5.41, 5.74) is -0.0145. The second-order valence-electron chi connectivity index (χ2n) is 4.30. The van der Waals surface area contributed by atoms with Crippen molar-refractivity contribution >= 4 is 11.7 Å². The maximum absolute atomic E-state index is 12.9. The second-order valence-corrected chi connectivity index (χ2v) is 4.30. The third-order valence-electron chi connectivity index (χ3n) is 3.22. The highest BCUT2D eigenvalue weighted by atomic mass is 19.1. The predicted octanol–water partition coefficient (Wildman–Crippen LogP) is 2.49. The molecule has 4 heteroatoms. The van der Waals surface area contributed by atoms with E-state index in [0.29, 0.717) is 25.1 Å². The van der Waals surface area contributed by atoms with Crippen molar-refractivity contribution in [1.82, 2.24) is 0 Å². The molecule has 3 nitrogen and oxygen atoms in total. The number of halogens is 1. The number of hydrogen-bond donors (Lipinski definition) is 2. The fraction of sp³-hybridized carbons (Fsp3) is 0.417. The van der Waals surface area contributed by atoms with Gasteiger partial charge in [-0.3, -0.25) is 4.79 Å². The van der Waals surface area contributed by atoms with Crippen LogP contribution >= 0.6 is 0 Å². The number of aliphatic carboxylic acids is 1. The molecular weight excluding hydrogens is 209 g/mol. The minimum absolute atomic E-state index is 0.317. The van der Waals surface area contributed by atoms with Crippen molar-refractivity contribution in [3.63, 3.8) is 0 Å². The molecule has 0 unspecified atom stereocenters. The van der Waals surface area contributed by atoms with Crippen molar-refractivity contribution in [3.05, 3.63) is 30.1 Å². The number of carboxylic acid groups (broad SMARTS) is 1. The quantitative estimate of drug-likeness (QED) is 0.824. The van der Waals surface area contributed by atoms with Gasteiger partial charge in [-0.1, -0.05) is 12.5 Å². The lowest BCUT2D eigenvalue weighted by Crippen LogP contribution is -2.43. The molecule has 1 aromatic rings. The lowest BCUT2D eigenvalue weighted by Gasteiger charge is -2.37. The number of carboxylic acids is 1. The van der Waals surface area contributed by atoms with Crippen molar-refractivity contribution in [2.75, 3.05) is 11.9 Å². The van der Waals surface area contributed by atoms with Crippen LogP contribution in [0.1, 0.15) is 19.3 Å². The van der Waals surface area contributed by atoms with Crippen LogP contribution in [0.5, 0.6) is 0 Å². The molecule has 1 fully saturated rings. The molecule has 0 bridgehead atoms. The molecule has 1 aliphatic carbocycles. The Morgan fingerprint density at radius 1 is 1.50 bits per heavy atom. The highest BCUT2D eigenvalue weighted by Gasteiger charge is 2.44. The van der Waals surface area contributed by atoms with Crippen LogP contribution in [0.4, 0.5) is 10.1 Å². The fourth-order valence-corrected chi connectivity index (χ4v) is 1.94. The molecule has 16 heavy (non-hydrogen) atoms. The highest BCUT2D eigenvalue weighted by Crippen LogP contribution is 2.41. The third kappa shape index (κ3) is 2.01. The van der Waals surface area contributed by atoms with E-state index in [0.717, 1.165) is 6.42 Å². The van der Waals surface area contributed by atoms with Gasteiger partial charge >= 0.3 is 5.97 Å². The molecule has 86 valence electrons. The number of nitrogens with one attached hydrogen (secondary N) is 1. The second kappa shape index (κ2) is 4.12. The summed E-state index contributed by atoms with van der Waals surface area (Å²) in [5.74, 6) is -1.08. The Morgan fingerprint density at radius 2 is 2.25 bits per heavy atom. The van der Waals surface area contributed by atoms with E-state index in [-0.39, 0.29) is 5.82 Å². The molecule has 0 radical (unpaired) electrons. The lowest BCUT2D eigenvalue weighted by atomic mass is 9.69. The zero-order valence-corrected chi connectivity index (χ0v) is 8.87. The van der Waals surface area contributed by atoms with Crippen LogP contribution in [0, 0.1) is 11.2 Å². The Kier molecular flexibility index (Phi) is 2.81. The van der Waals surface area contributed by atoms with Gasteiger partial charge in [0.05, 0.1) is 5.41 Å². The Balaban J connectivity index is 1.99. The normalized spacial score (nSPS) is 17.6. The molecule has 0 aromatic heterocycles. The van der Waals surface area contributed by atoms with Crippen LogP contribution in [-0.4, -0.2) is 17.6 Å². The molecule has 2 N–H and O–H groups in total. The number of carbonyl (C=O) groups is 1. The first-order valence-corrected chi connectivity index (χ1v) is 5.35. The highest BCUT2D eigenvalue weighted by molar-refractivity contribution is 5.76. The van der Waals surface area contributed by atoms with Crippen LogP contribution in [0.3, 0.4) is 0 Å². The van der Waals surface area contributed by atoms with Gasteiger partial charge in [0.1, 0.15) is 5.82 Å². The molecule has 1 aliphatic rings. The van der Waals surface area contributed by atoms with E-state index in [4.69, 9.17) is 5.11 Å². The molecule has 2 rings (SSSR count). The van der Waals surface area contributed by atoms with Gasteiger partial charge in [0, 0.05) is 12.2 Å². The molecule has 0 amide bonds. The molecular formula is C12H14FNO2. The van der Waals surface area contributed by atoms with Gasteiger partial charge in [0.25, 0.3) is 0 Å². The summed E-state index contributed by atoms with van der Waals surface area (Å²) in [6, 6.07) is 6.07. The maximum atomic E-state index is 12.9. The van der Waals surface area contributed by atoms with Gasteiger partial charge in [-0.2, -0.15) is 0 Å². The monoisotopic (exact) mass is 223 g/mol. The van der Waals surface area contributed by atoms with E-state index in [1.54, 1.807) is 12.1 Å². The Hall–Kier alpha value is -1.58. The van der Waals surface area contributed by atoms with Crippen molar-refractivity contribution in [2.45, 2.75) is 19.3 Å². The van der Waals surface area contributed by atoms with Crippen LogP contribution < -0.4 is 5.32 Å². The molecule has 1 aromatic carbocycles. The van der Waals surface area contributed by atoms with Crippen LogP contribution in [0.25, 0.3) is 0 Å². The van der Waals surface area contributed by atoms with E-state index in [1.807, 2.05) is 0 Å². The average Bonchev–Trinajstić information content (AvgIpc) is 2.15. The van der Waals surface area contributed by atoms with Crippen molar-refractivity contribution in [3.8, 4) is 0 Å². The molecule has 0 atom stereocenters. The summed E-state index contributed by atoms with van der Waals surface area (Å²) in [7, 11) is 0. The molecule has 0 aliphatic heterocycles. The van der Waals surface area contributed by atoms with Gasteiger partial charge in [-0.15, -0.1) is 0 Å². The van der Waals surface area contributed by atoms with Gasteiger partial charge in [-0.25, -0.2) is 4.39 Å². The van der Waals surface area contributed by atoms with Crippen LogP contribution in [0.15, 0.2) is 24.3 Å². The molecule has 0 heterocycles. The van der Waals surface area contributed by atoms with Crippen molar-refractivity contribution in [1.29, 1.82) is 0 Å². The zero-order chi connectivity index (χ0) is 11.6. The van der Waals surface area contributed by atoms with Gasteiger partial charge in [-0.05, 0) is 31.0 Å². The lowest BCUT2D eigenvalue weighted by molar-refractivity contribution is -0.153. The van der Waals surface area contributed by atoms with E-state index in [2.05, 4.69) is 5.32 Å². The predicted molar refractivity (Wildman–Crippen MR) is 58.8 cm³/mol. The summed E-state index contributed by atoms with van der Waals surface area (Å²) in [4.78, 5) is 11.1. The van der Waals surface area contributed by atoms with Crippen LogP contribution in [0.2, 0.25) is 0 Å². The van der Waals surface area contributed by atoms with Crippen molar-refractivity contribution < 1.29 is 14.3 Å². The number of hydrogen-bond acceptors (Lipinski definition) is 2. The smallest absolute Gasteiger partial charge is 0.311 e. The first-order valence-electron chi connectivity index (χ1n) is 5.35. The Morgan fingerprint density at radius 3 is 2.75 bits per heavy atom. The average molecular weight is 223 g/mol. The maximum Gasteiger partial charge on any atom is 0.311 e. The Bertz CT molecular complexity index is 402. The largest absolute Gasteiger partial charge is 0.481 e. The van der Waals surface area contributed by atoms with Gasteiger partial charge in [0.15, 0.2) is 0 Å². The van der Waals surface area contributed by atoms with Crippen molar-refractivity contribution in [2.24, 2.45) is 5.41 Å². The SMILES string of the molecule is O=C(O)C1(CNc2cccc(F)c2)CCC1. The third-order valence-corrected chi connectivity index (χ3v) is 3.22. The number of benzene rings is 1.